The zero-order chi connectivity index (χ0) is 20.4. The van der Waals surface area contributed by atoms with Crippen molar-refractivity contribution in [2.45, 2.75) is 25.6 Å². The number of hydrogen-bond acceptors (Lipinski definition) is 2. The van der Waals surface area contributed by atoms with E-state index in [1.54, 1.807) is 11.0 Å². The van der Waals surface area contributed by atoms with Crippen LogP contribution in [-0.2, 0) is 11.3 Å². The summed E-state index contributed by atoms with van der Waals surface area (Å²) in [5, 5.41) is 3.01. The third kappa shape index (κ3) is 3.83. The zero-order valence-electron chi connectivity index (χ0n) is 16.0. The Balaban J connectivity index is 1.67. The van der Waals surface area contributed by atoms with Gasteiger partial charge in [0.05, 0.1) is 6.04 Å². The number of carbonyl (C=O) groups is 2. The number of benzene rings is 3. The van der Waals surface area contributed by atoms with Crippen molar-refractivity contribution in [3.05, 3.63) is 106 Å². The molecule has 0 aromatic heterocycles. The molecule has 0 radical (unpaired) electrons. The summed E-state index contributed by atoms with van der Waals surface area (Å²) in [5.74, 6) is -0.300. The summed E-state index contributed by atoms with van der Waals surface area (Å²) in [6.45, 7) is 2.38. The number of fused-ring (bicyclic) bond motifs is 1. The summed E-state index contributed by atoms with van der Waals surface area (Å²) in [6.07, 6.45) is 0. The predicted octanol–water partition coefficient (Wildman–Crippen LogP) is 5.02. The molecule has 0 spiro atoms. The first-order valence-electron chi connectivity index (χ1n) is 9.55. The number of nitrogens with zero attached hydrogens (tertiary/aromatic N) is 1. The highest BCUT2D eigenvalue weighted by atomic mass is 79.9. The maximum Gasteiger partial charge on any atom is 0.255 e. The Kier molecular flexibility index (Phi) is 5.49. The third-order valence-electron chi connectivity index (χ3n) is 5.31. The van der Waals surface area contributed by atoms with Crippen molar-refractivity contribution in [3.63, 3.8) is 0 Å². The molecule has 4 nitrogen and oxygen atoms in total. The minimum atomic E-state index is -0.672. The van der Waals surface area contributed by atoms with Crippen LogP contribution in [0.15, 0.2) is 83.3 Å². The number of halogens is 1. The van der Waals surface area contributed by atoms with Gasteiger partial charge in [0.1, 0.15) is 6.04 Å². The van der Waals surface area contributed by atoms with Crippen LogP contribution in [0.3, 0.4) is 0 Å². The molecule has 0 saturated carbocycles. The van der Waals surface area contributed by atoms with Crippen molar-refractivity contribution < 1.29 is 9.59 Å². The molecule has 1 N–H and O–H groups in total. The monoisotopic (exact) mass is 448 g/mol. The highest BCUT2D eigenvalue weighted by Crippen LogP contribution is 2.41. The molecule has 146 valence electrons. The molecule has 0 fully saturated rings. The Morgan fingerprint density at radius 3 is 2.38 bits per heavy atom. The molecule has 4 rings (SSSR count). The normalized spacial score (nSPS) is 16.4. The van der Waals surface area contributed by atoms with Crippen LogP contribution in [0.4, 0.5) is 0 Å². The molecule has 29 heavy (non-hydrogen) atoms. The van der Waals surface area contributed by atoms with Gasteiger partial charge in [-0.25, -0.2) is 0 Å². The Bertz CT molecular complexity index is 1040. The molecular formula is C24H21BrN2O2. The summed E-state index contributed by atoms with van der Waals surface area (Å²) in [4.78, 5) is 28.2. The van der Waals surface area contributed by atoms with E-state index >= 15 is 0 Å². The predicted molar refractivity (Wildman–Crippen MR) is 116 cm³/mol. The first-order chi connectivity index (χ1) is 14.1. The Hall–Kier alpha value is -2.92. The lowest BCUT2D eigenvalue weighted by Crippen LogP contribution is -2.40. The second kappa shape index (κ2) is 8.21. The first kappa shape index (κ1) is 19.4. The maximum absolute atomic E-state index is 13.3. The second-order valence-corrected chi connectivity index (χ2v) is 8.05. The van der Waals surface area contributed by atoms with Gasteiger partial charge >= 0.3 is 0 Å². The van der Waals surface area contributed by atoms with Crippen molar-refractivity contribution in [1.29, 1.82) is 0 Å². The van der Waals surface area contributed by atoms with E-state index in [-0.39, 0.29) is 17.9 Å². The van der Waals surface area contributed by atoms with Crippen molar-refractivity contribution >= 4 is 27.7 Å². The fourth-order valence-corrected chi connectivity index (χ4v) is 4.18. The van der Waals surface area contributed by atoms with Crippen LogP contribution in [0, 0.1) is 0 Å². The van der Waals surface area contributed by atoms with Gasteiger partial charge in [0.15, 0.2) is 0 Å². The van der Waals surface area contributed by atoms with Crippen LogP contribution in [0.1, 0.15) is 46.1 Å². The van der Waals surface area contributed by atoms with Gasteiger partial charge in [-0.2, -0.15) is 0 Å². The van der Waals surface area contributed by atoms with E-state index in [4.69, 9.17) is 0 Å². The molecule has 0 saturated heterocycles. The van der Waals surface area contributed by atoms with Crippen LogP contribution in [-0.4, -0.2) is 16.7 Å². The van der Waals surface area contributed by atoms with Crippen LogP contribution >= 0.6 is 15.9 Å². The van der Waals surface area contributed by atoms with E-state index in [0.717, 1.165) is 21.2 Å². The van der Waals surface area contributed by atoms with Gasteiger partial charge in [-0.3, -0.25) is 9.59 Å². The van der Waals surface area contributed by atoms with E-state index in [2.05, 4.69) is 21.2 Å². The van der Waals surface area contributed by atoms with Gasteiger partial charge in [0, 0.05) is 16.6 Å². The summed E-state index contributed by atoms with van der Waals surface area (Å²) in [5.41, 5.74) is 3.32. The van der Waals surface area contributed by atoms with E-state index in [9.17, 15) is 9.59 Å². The quantitative estimate of drug-likeness (QED) is 0.595. The summed E-state index contributed by atoms with van der Waals surface area (Å²) in [7, 11) is 0. The van der Waals surface area contributed by atoms with Crippen LogP contribution in [0.25, 0.3) is 0 Å². The van der Waals surface area contributed by atoms with E-state index in [1.165, 1.54) is 0 Å². The van der Waals surface area contributed by atoms with Gasteiger partial charge in [-0.05, 0) is 41.8 Å². The largest absolute Gasteiger partial charge is 0.350 e. The summed E-state index contributed by atoms with van der Waals surface area (Å²) in [6, 6.07) is 24.2. The Morgan fingerprint density at radius 2 is 1.69 bits per heavy atom. The Morgan fingerprint density at radius 1 is 1.03 bits per heavy atom. The van der Waals surface area contributed by atoms with Gasteiger partial charge in [-0.1, -0.05) is 76.6 Å². The molecule has 5 heteroatoms. The summed E-state index contributed by atoms with van der Waals surface area (Å²) >= 11 is 3.48. The molecule has 1 unspecified atom stereocenters. The average molecular weight is 449 g/mol. The minimum absolute atomic E-state index is 0.122. The van der Waals surface area contributed by atoms with Crippen molar-refractivity contribution in [2.24, 2.45) is 0 Å². The van der Waals surface area contributed by atoms with Gasteiger partial charge in [-0.15, -0.1) is 0 Å². The average Bonchev–Trinajstić information content (AvgIpc) is 3.04. The third-order valence-corrected chi connectivity index (χ3v) is 5.80. The van der Waals surface area contributed by atoms with Gasteiger partial charge in [0.2, 0.25) is 5.91 Å². The highest BCUT2D eigenvalue weighted by Gasteiger charge is 2.43. The summed E-state index contributed by atoms with van der Waals surface area (Å²) < 4.78 is 0.846. The van der Waals surface area contributed by atoms with Crippen LogP contribution < -0.4 is 5.32 Å². The molecule has 0 aliphatic carbocycles. The van der Waals surface area contributed by atoms with Crippen molar-refractivity contribution in [1.82, 2.24) is 10.2 Å². The lowest BCUT2D eigenvalue weighted by molar-refractivity contribution is -0.126. The fraction of sp³-hybridized carbons (Fsp3) is 0.167. The molecule has 3 aromatic rings. The van der Waals surface area contributed by atoms with Crippen LogP contribution in [0.2, 0.25) is 0 Å². The molecular weight excluding hydrogens is 428 g/mol. The van der Waals surface area contributed by atoms with Crippen molar-refractivity contribution in [2.75, 3.05) is 0 Å². The molecule has 1 aliphatic heterocycles. The lowest BCUT2D eigenvalue weighted by atomic mass is 10.0. The minimum Gasteiger partial charge on any atom is -0.350 e. The number of hydrogen-bond donors (Lipinski definition) is 1. The second-order valence-electron chi connectivity index (χ2n) is 7.14. The topological polar surface area (TPSA) is 49.4 Å². The molecule has 1 aliphatic rings. The van der Waals surface area contributed by atoms with E-state index in [0.29, 0.717) is 12.1 Å². The number of rotatable bonds is 5. The molecule has 2 atom stereocenters. The van der Waals surface area contributed by atoms with E-state index < -0.39 is 6.04 Å². The van der Waals surface area contributed by atoms with Gasteiger partial charge in [0.25, 0.3) is 5.91 Å². The number of amides is 2. The molecule has 2 amide bonds. The lowest BCUT2D eigenvalue weighted by Gasteiger charge is -2.31. The fourth-order valence-electron chi connectivity index (χ4n) is 3.80. The van der Waals surface area contributed by atoms with Gasteiger partial charge < -0.3 is 10.2 Å². The zero-order valence-corrected chi connectivity index (χ0v) is 17.6. The smallest absolute Gasteiger partial charge is 0.255 e. The molecule has 3 aromatic carbocycles. The molecule has 0 bridgehead atoms. The Labute approximate surface area is 178 Å². The molecule has 1 heterocycles. The van der Waals surface area contributed by atoms with E-state index in [1.807, 2.05) is 79.7 Å². The van der Waals surface area contributed by atoms with Crippen LogP contribution in [0.5, 0.6) is 0 Å². The number of carbonyl (C=O) groups excluding carboxylic acids is 2. The SMILES string of the molecule is CC(c1ccccc1)N1C(=O)c2ccc(Br)cc2[C@@H]1C(=O)NCc1ccccc1. The van der Waals surface area contributed by atoms with Crippen molar-refractivity contribution in [3.8, 4) is 0 Å². The standard InChI is InChI=1S/C24H21BrN2O2/c1-16(18-10-6-3-7-11-18)27-22(21-14-19(25)12-13-20(21)24(27)29)23(28)26-15-17-8-4-2-5-9-17/h2-14,16,22H,15H2,1H3,(H,26,28)/t16?,22-/m1/s1. The first-order valence-corrected chi connectivity index (χ1v) is 10.3. The highest BCUT2D eigenvalue weighted by molar-refractivity contribution is 9.10. The number of nitrogens with one attached hydrogen (secondary N) is 1. The maximum atomic E-state index is 13.3.